The molecule has 160 valence electrons. The Labute approximate surface area is 171 Å². The maximum atomic E-state index is 13.6. The number of aromatic nitrogens is 2. The maximum Gasteiger partial charge on any atom is 0.407 e. The van der Waals surface area contributed by atoms with E-state index in [2.05, 4.69) is 20.8 Å². The molecule has 1 aromatic heterocycles. The number of benzene rings is 1. The first-order valence-electron chi connectivity index (χ1n) is 9.84. The van der Waals surface area contributed by atoms with Crippen LogP contribution in [0, 0.1) is 11.6 Å². The van der Waals surface area contributed by atoms with Crippen LogP contribution in [0.4, 0.5) is 19.4 Å². The second kappa shape index (κ2) is 8.78. The van der Waals surface area contributed by atoms with Crippen LogP contribution in [0.2, 0.25) is 0 Å². The summed E-state index contributed by atoms with van der Waals surface area (Å²) in [6.07, 6.45) is 1.39. The number of aromatic amines is 1. The Morgan fingerprint density at radius 1 is 1.27 bits per heavy atom. The molecule has 1 saturated carbocycles. The quantitative estimate of drug-likeness (QED) is 0.666. The highest BCUT2D eigenvalue weighted by atomic mass is 19.1. The minimum absolute atomic E-state index is 0.0495. The summed E-state index contributed by atoms with van der Waals surface area (Å²) in [7, 11) is 0. The summed E-state index contributed by atoms with van der Waals surface area (Å²) in [4.78, 5) is 23.9. The Morgan fingerprint density at radius 3 is 2.87 bits per heavy atom. The van der Waals surface area contributed by atoms with Gasteiger partial charge >= 0.3 is 6.09 Å². The van der Waals surface area contributed by atoms with Crippen LogP contribution in [0.5, 0.6) is 0 Å². The summed E-state index contributed by atoms with van der Waals surface area (Å²) in [5.41, 5.74) is 0.896. The SMILES string of the molecule is O=C(NCc1cc(F)ccc1F)O[C@H]1C[C@@H](c2cc(NC(=O)[C@H]3CCCO3)n[nH]2)C1. The molecule has 1 atom stereocenters. The number of hydrogen-bond donors (Lipinski definition) is 3. The summed E-state index contributed by atoms with van der Waals surface area (Å²) < 4.78 is 37.3. The lowest BCUT2D eigenvalue weighted by molar-refractivity contribution is -0.124. The molecular formula is C20H22F2N4O4. The molecule has 4 rings (SSSR count). The summed E-state index contributed by atoms with van der Waals surface area (Å²) in [6.45, 7) is 0.436. The Bertz CT molecular complexity index is 923. The number of H-pyrrole nitrogens is 1. The van der Waals surface area contributed by atoms with E-state index in [1.165, 1.54) is 0 Å². The molecule has 8 nitrogen and oxygen atoms in total. The molecule has 1 aliphatic heterocycles. The minimum atomic E-state index is -0.684. The predicted molar refractivity (Wildman–Crippen MR) is 102 cm³/mol. The first-order valence-corrected chi connectivity index (χ1v) is 9.84. The van der Waals surface area contributed by atoms with E-state index in [9.17, 15) is 18.4 Å². The fourth-order valence-electron chi connectivity index (χ4n) is 3.56. The fourth-order valence-corrected chi connectivity index (χ4v) is 3.56. The molecule has 2 amide bonds. The zero-order chi connectivity index (χ0) is 21.1. The van der Waals surface area contributed by atoms with Gasteiger partial charge in [-0.05, 0) is 43.9 Å². The van der Waals surface area contributed by atoms with Crippen molar-refractivity contribution in [2.45, 2.75) is 50.4 Å². The first-order chi connectivity index (χ1) is 14.5. The van der Waals surface area contributed by atoms with Crippen molar-refractivity contribution in [3.05, 3.63) is 47.2 Å². The third-order valence-electron chi connectivity index (χ3n) is 5.31. The zero-order valence-electron chi connectivity index (χ0n) is 16.1. The van der Waals surface area contributed by atoms with Crippen LogP contribution < -0.4 is 10.6 Å². The van der Waals surface area contributed by atoms with Gasteiger partial charge in [0.15, 0.2) is 5.82 Å². The highest BCUT2D eigenvalue weighted by Gasteiger charge is 2.35. The average Bonchev–Trinajstić information content (AvgIpc) is 3.37. The number of alkyl carbamates (subject to hydrolysis) is 1. The van der Waals surface area contributed by atoms with Gasteiger partial charge < -0.3 is 20.1 Å². The molecule has 30 heavy (non-hydrogen) atoms. The van der Waals surface area contributed by atoms with Gasteiger partial charge in [-0.2, -0.15) is 5.10 Å². The lowest BCUT2D eigenvalue weighted by atomic mass is 9.80. The van der Waals surface area contributed by atoms with Gasteiger partial charge in [0, 0.05) is 36.4 Å². The van der Waals surface area contributed by atoms with Gasteiger partial charge in [0.1, 0.15) is 23.8 Å². The van der Waals surface area contributed by atoms with Crippen LogP contribution in [-0.2, 0) is 20.8 Å². The van der Waals surface area contributed by atoms with E-state index in [0.717, 1.165) is 30.3 Å². The average molecular weight is 420 g/mol. The third kappa shape index (κ3) is 4.76. The molecule has 2 fully saturated rings. The van der Waals surface area contributed by atoms with E-state index in [-0.39, 0.29) is 30.0 Å². The molecule has 2 aliphatic rings. The largest absolute Gasteiger partial charge is 0.446 e. The molecule has 10 heteroatoms. The number of nitrogens with zero attached hydrogens (tertiary/aromatic N) is 1. The van der Waals surface area contributed by atoms with Crippen LogP contribution in [-0.4, -0.2) is 41.0 Å². The van der Waals surface area contributed by atoms with Crippen molar-refractivity contribution in [2.24, 2.45) is 0 Å². The Morgan fingerprint density at radius 2 is 2.10 bits per heavy atom. The van der Waals surface area contributed by atoms with Crippen LogP contribution in [0.1, 0.15) is 42.9 Å². The molecule has 0 spiro atoms. The number of carbonyl (C=O) groups is 2. The fraction of sp³-hybridized carbons (Fsp3) is 0.450. The molecule has 2 heterocycles. The Hall–Kier alpha value is -3.01. The normalized spacial score (nSPS) is 22.9. The molecule has 1 aromatic carbocycles. The van der Waals surface area contributed by atoms with Gasteiger partial charge in [-0.15, -0.1) is 0 Å². The van der Waals surface area contributed by atoms with Crippen LogP contribution in [0.15, 0.2) is 24.3 Å². The second-order valence-electron chi connectivity index (χ2n) is 7.48. The van der Waals surface area contributed by atoms with Crippen LogP contribution in [0.25, 0.3) is 0 Å². The summed E-state index contributed by atoms with van der Waals surface area (Å²) in [6, 6.07) is 4.82. The van der Waals surface area contributed by atoms with Crippen molar-refractivity contribution in [3.63, 3.8) is 0 Å². The minimum Gasteiger partial charge on any atom is -0.446 e. The number of anilines is 1. The number of carbonyl (C=O) groups excluding carboxylic acids is 2. The zero-order valence-corrected chi connectivity index (χ0v) is 16.1. The van der Waals surface area contributed by atoms with E-state index in [4.69, 9.17) is 9.47 Å². The van der Waals surface area contributed by atoms with Crippen molar-refractivity contribution in [3.8, 4) is 0 Å². The number of rotatable bonds is 6. The number of hydrogen-bond acceptors (Lipinski definition) is 5. The first kappa shape index (κ1) is 20.3. The molecule has 0 radical (unpaired) electrons. The third-order valence-corrected chi connectivity index (χ3v) is 5.31. The number of amides is 2. The molecule has 0 unspecified atom stereocenters. The molecule has 0 bridgehead atoms. The van der Waals surface area contributed by atoms with E-state index >= 15 is 0 Å². The lowest BCUT2D eigenvalue weighted by Gasteiger charge is -2.33. The molecule has 2 aromatic rings. The van der Waals surface area contributed by atoms with E-state index in [1.807, 2.05) is 0 Å². The molecular weight excluding hydrogens is 398 g/mol. The van der Waals surface area contributed by atoms with E-state index in [0.29, 0.717) is 31.7 Å². The summed E-state index contributed by atoms with van der Waals surface area (Å²) in [5.74, 6) is -0.808. The summed E-state index contributed by atoms with van der Waals surface area (Å²) in [5, 5.41) is 12.2. The number of halogens is 2. The van der Waals surface area contributed by atoms with E-state index < -0.39 is 23.8 Å². The predicted octanol–water partition coefficient (Wildman–Crippen LogP) is 2.98. The van der Waals surface area contributed by atoms with Crippen molar-refractivity contribution in [1.29, 1.82) is 0 Å². The van der Waals surface area contributed by atoms with Crippen molar-refractivity contribution in [1.82, 2.24) is 15.5 Å². The molecule has 1 saturated heterocycles. The van der Waals surface area contributed by atoms with Gasteiger partial charge in [-0.3, -0.25) is 9.89 Å². The number of nitrogens with one attached hydrogen (secondary N) is 3. The van der Waals surface area contributed by atoms with Gasteiger partial charge in [0.25, 0.3) is 5.91 Å². The van der Waals surface area contributed by atoms with Crippen LogP contribution >= 0.6 is 0 Å². The monoisotopic (exact) mass is 420 g/mol. The van der Waals surface area contributed by atoms with Gasteiger partial charge in [-0.1, -0.05) is 0 Å². The Kier molecular flexibility index (Phi) is 5.93. The lowest BCUT2D eigenvalue weighted by Crippen LogP contribution is -2.36. The van der Waals surface area contributed by atoms with Crippen LogP contribution in [0.3, 0.4) is 0 Å². The van der Waals surface area contributed by atoms with E-state index in [1.54, 1.807) is 6.07 Å². The van der Waals surface area contributed by atoms with Crippen molar-refractivity contribution < 1.29 is 27.8 Å². The molecule has 3 N–H and O–H groups in total. The number of ether oxygens (including phenoxy) is 2. The highest BCUT2D eigenvalue weighted by molar-refractivity contribution is 5.93. The molecule has 1 aliphatic carbocycles. The highest BCUT2D eigenvalue weighted by Crippen LogP contribution is 2.38. The van der Waals surface area contributed by atoms with Crippen molar-refractivity contribution in [2.75, 3.05) is 11.9 Å². The Balaban J connectivity index is 1.19. The maximum absolute atomic E-state index is 13.6. The topological polar surface area (TPSA) is 105 Å². The standard InChI is InChI=1S/C20H22F2N4O4/c21-13-3-4-15(22)12(6-13)10-23-20(28)30-14-7-11(8-14)16-9-18(26-25-16)24-19(27)17-2-1-5-29-17/h3-4,6,9,11,14,17H,1-2,5,7-8,10H2,(H,23,28)(H2,24,25,26,27)/t11-,14+,17-/m1/s1. The smallest absolute Gasteiger partial charge is 0.407 e. The van der Waals surface area contributed by atoms with Crippen molar-refractivity contribution >= 4 is 17.8 Å². The van der Waals surface area contributed by atoms with Gasteiger partial charge in [-0.25, -0.2) is 13.6 Å². The summed E-state index contributed by atoms with van der Waals surface area (Å²) >= 11 is 0. The van der Waals surface area contributed by atoms with Gasteiger partial charge in [0.05, 0.1) is 0 Å². The second-order valence-corrected chi connectivity index (χ2v) is 7.48. The van der Waals surface area contributed by atoms with Gasteiger partial charge in [0.2, 0.25) is 0 Å².